The Morgan fingerprint density at radius 3 is 2.57 bits per heavy atom. The predicted molar refractivity (Wildman–Crippen MR) is 181 cm³/mol. The summed E-state index contributed by atoms with van der Waals surface area (Å²) in [7, 11) is 0. The van der Waals surface area contributed by atoms with Gasteiger partial charge in [0.1, 0.15) is 17.2 Å². The molecule has 4 aromatic rings. The second kappa shape index (κ2) is 14.5. The zero-order valence-electron chi connectivity index (χ0n) is 27.1. The molecule has 2 aromatic heterocycles. The number of nitrogens with zero attached hydrogens (tertiary/aromatic N) is 3. The number of unbranched alkanes of at least 4 members (excludes halogenated alkanes) is 2. The first-order valence-corrected chi connectivity index (χ1v) is 16.3. The molecule has 1 aliphatic rings. The number of H-pyrrole nitrogens is 1. The Morgan fingerprint density at radius 1 is 1.11 bits per heavy atom. The number of nitrogens with two attached hydrogens (primary N) is 1. The fourth-order valence-corrected chi connectivity index (χ4v) is 6.58. The van der Waals surface area contributed by atoms with E-state index in [-0.39, 0.29) is 16.9 Å². The van der Waals surface area contributed by atoms with Crippen LogP contribution in [0.15, 0.2) is 57.0 Å². The number of rotatable bonds is 13. The predicted octanol–water partition coefficient (Wildman–Crippen LogP) is 4.52. The van der Waals surface area contributed by atoms with Crippen LogP contribution in [0.25, 0.3) is 10.9 Å². The number of hydrogen-bond donors (Lipinski definition) is 4. The molecule has 0 aliphatic carbocycles. The fraction of sp³-hybridized carbons (Fsp3) is 0.429. The second-order valence-corrected chi connectivity index (χ2v) is 12.4. The van der Waals surface area contributed by atoms with E-state index in [2.05, 4.69) is 29.0 Å². The number of nitrogens with one attached hydrogen (secondary N) is 2. The number of aryl methyl sites for hydroxylation is 3. The highest BCUT2D eigenvalue weighted by Gasteiger charge is 2.30. The molecule has 11 nitrogen and oxygen atoms in total. The van der Waals surface area contributed by atoms with Gasteiger partial charge in [-0.15, -0.1) is 0 Å². The number of carboxylic acid groups (broad SMARTS) is 1. The van der Waals surface area contributed by atoms with Crippen LogP contribution in [0.5, 0.6) is 0 Å². The third-order valence-electron chi connectivity index (χ3n) is 9.33. The lowest BCUT2D eigenvalue weighted by Gasteiger charge is -2.22. The SMILES string of the molecule is CCc1cc(Nc2cc(=O)n(CCCCCN3CCC(C(N)c4cc5c(cc4F)c(=O)c(C(=O)O)cn5CC)C3)c(=O)[nH]2)ccc1C. The van der Waals surface area contributed by atoms with E-state index in [0.717, 1.165) is 50.5 Å². The topological polar surface area (TPSA) is 155 Å². The van der Waals surface area contributed by atoms with Crippen molar-refractivity contribution in [2.45, 2.75) is 72.0 Å². The minimum Gasteiger partial charge on any atom is -0.477 e. The Kier molecular flexibility index (Phi) is 10.4. The number of benzene rings is 2. The minimum atomic E-state index is -1.35. The Labute approximate surface area is 271 Å². The van der Waals surface area contributed by atoms with E-state index in [1.807, 2.05) is 25.1 Å². The van der Waals surface area contributed by atoms with Crippen molar-refractivity contribution in [3.05, 3.63) is 102 Å². The molecule has 1 saturated heterocycles. The number of carboxylic acids is 1. The van der Waals surface area contributed by atoms with Crippen LogP contribution < -0.4 is 27.7 Å². The Bertz CT molecular complexity index is 1930. The molecular formula is C35H43FN6O5. The lowest BCUT2D eigenvalue weighted by molar-refractivity contribution is 0.0695. The second-order valence-electron chi connectivity index (χ2n) is 12.4. The van der Waals surface area contributed by atoms with E-state index in [1.54, 1.807) is 10.6 Å². The third-order valence-corrected chi connectivity index (χ3v) is 9.33. The molecule has 2 aromatic carbocycles. The van der Waals surface area contributed by atoms with Crippen LogP contribution >= 0.6 is 0 Å². The summed E-state index contributed by atoms with van der Waals surface area (Å²) < 4.78 is 18.1. The van der Waals surface area contributed by atoms with Gasteiger partial charge in [-0.3, -0.25) is 19.1 Å². The van der Waals surface area contributed by atoms with Crippen LogP contribution in [-0.4, -0.2) is 49.7 Å². The summed E-state index contributed by atoms with van der Waals surface area (Å²) in [4.78, 5) is 54.7. The molecule has 0 bridgehead atoms. The first kappa shape index (κ1) is 33.8. The molecule has 47 heavy (non-hydrogen) atoms. The maximum Gasteiger partial charge on any atom is 0.341 e. The molecule has 0 saturated carbocycles. The van der Waals surface area contributed by atoms with Gasteiger partial charge in [-0.05, 0) is 93.9 Å². The van der Waals surface area contributed by atoms with E-state index in [9.17, 15) is 24.3 Å². The number of carbonyl (C=O) groups is 1. The van der Waals surface area contributed by atoms with Gasteiger partial charge >= 0.3 is 11.7 Å². The van der Waals surface area contributed by atoms with Crippen molar-refractivity contribution in [1.82, 2.24) is 19.0 Å². The lowest BCUT2D eigenvalue weighted by atomic mass is 9.91. The fourth-order valence-electron chi connectivity index (χ4n) is 6.58. The molecule has 3 heterocycles. The molecule has 0 radical (unpaired) electrons. The van der Waals surface area contributed by atoms with Crippen molar-refractivity contribution < 1.29 is 14.3 Å². The van der Waals surface area contributed by atoms with Crippen LogP contribution in [0.2, 0.25) is 0 Å². The molecule has 250 valence electrons. The number of anilines is 2. The number of hydrogen-bond acceptors (Lipinski definition) is 7. The molecule has 5 N–H and O–H groups in total. The summed E-state index contributed by atoms with van der Waals surface area (Å²) in [6.07, 6.45) is 5.36. The zero-order valence-corrected chi connectivity index (χ0v) is 27.1. The van der Waals surface area contributed by atoms with Gasteiger partial charge in [0.25, 0.3) is 5.56 Å². The molecule has 12 heteroatoms. The highest BCUT2D eigenvalue weighted by atomic mass is 19.1. The first-order valence-electron chi connectivity index (χ1n) is 16.3. The van der Waals surface area contributed by atoms with Gasteiger partial charge in [0.2, 0.25) is 5.43 Å². The van der Waals surface area contributed by atoms with E-state index >= 15 is 4.39 Å². The lowest BCUT2D eigenvalue weighted by Crippen LogP contribution is -2.35. The number of aromatic carboxylic acids is 1. The van der Waals surface area contributed by atoms with Crippen LogP contribution in [0.3, 0.4) is 0 Å². The van der Waals surface area contributed by atoms with E-state index in [4.69, 9.17) is 5.73 Å². The van der Waals surface area contributed by atoms with Gasteiger partial charge in [-0.25, -0.2) is 14.0 Å². The Hall–Kier alpha value is -4.55. The highest BCUT2D eigenvalue weighted by molar-refractivity contribution is 5.92. The molecule has 0 amide bonds. The smallest absolute Gasteiger partial charge is 0.341 e. The zero-order chi connectivity index (χ0) is 33.8. The molecule has 1 fully saturated rings. The van der Waals surface area contributed by atoms with Crippen molar-refractivity contribution in [2.24, 2.45) is 11.7 Å². The van der Waals surface area contributed by atoms with Gasteiger partial charge in [-0.2, -0.15) is 0 Å². The van der Waals surface area contributed by atoms with Crippen molar-refractivity contribution >= 4 is 28.4 Å². The van der Waals surface area contributed by atoms with Crippen LogP contribution in [0, 0.1) is 18.7 Å². The molecule has 1 aliphatic heterocycles. The summed E-state index contributed by atoms with van der Waals surface area (Å²) in [5, 5.41) is 12.6. The Morgan fingerprint density at radius 2 is 1.87 bits per heavy atom. The maximum atomic E-state index is 15.3. The van der Waals surface area contributed by atoms with Crippen LogP contribution in [0.4, 0.5) is 15.9 Å². The van der Waals surface area contributed by atoms with E-state index in [0.29, 0.717) is 43.0 Å². The number of aromatic nitrogens is 3. The number of fused-ring (bicyclic) bond motifs is 1. The molecule has 2 unspecified atom stereocenters. The largest absolute Gasteiger partial charge is 0.477 e. The number of halogens is 1. The van der Waals surface area contributed by atoms with Crippen molar-refractivity contribution in [3.63, 3.8) is 0 Å². The molecule has 5 rings (SSSR count). The monoisotopic (exact) mass is 646 g/mol. The minimum absolute atomic E-state index is 0.0137. The van der Waals surface area contributed by atoms with Crippen molar-refractivity contribution in [2.75, 3.05) is 25.0 Å². The van der Waals surface area contributed by atoms with Gasteiger partial charge < -0.3 is 25.6 Å². The summed E-state index contributed by atoms with van der Waals surface area (Å²) in [5.74, 6) is -1.58. The van der Waals surface area contributed by atoms with Crippen molar-refractivity contribution in [1.29, 1.82) is 0 Å². The first-order chi connectivity index (χ1) is 22.5. The maximum absolute atomic E-state index is 15.3. The highest BCUT2D eigenvalue weighted by Crippen LogP contribution is 2.32. The number of aromatic amines is 1. The van der Waals surface area contributed by atoms with Gasteiger partial charge in [0, 0.05) is 54.6 Å². The summed E-state index contributed by atoms with van der Waals surface area (Å²) >= 11 is 0. The molecular weight excluding hydrogens is 603 g/mol. The van der Waals surface area contributed by atoms with E-state index in [1.165, 1.54) is 28.0 Å². The van der Waals surface area contributed by atoms with Crippen LogP contribution in [-0.2, 0) is 19.5 Å². The standard InChI is InChI=1S/C35H43FN6O5/c1-4-22-15-24(10-9-21(22)3)38-30-18-31(43)42(35(47)39-30)13-8-6-7-12-40-14-11-23(19-40)32(37)25-17-29-26(16-28(25)36)33(44)27(34(45)46)20-41(29)5-2/h9-10,15-18,20,23,32,38H,4-8,11-14,19,37H2,1-3H3,(H,39,47)(H,45,46). The summed E-state index contributed by atoms with van der Waals surface area (Å²) in [6.45, 7) is 9.04. The molecule has 0 spiro atoms. The quantitative estimate of drug-likeness (QED) is 0.155. The van der Waals surface area contributed by atoms with Crippen molar-refractivity contribution in [3.8, 4) is 0 Å². The van der Waals surface area contributed by atoms with Gasteiger partial charge in [-0.1, -0.05) is 19.4 Å². The number of pyridine rings is 1. The van der Waals surface area contributed by atoms with Gasteiger partial charge in [0.05, 0.1) is 5.52 Å². The third kappa shape index (κ3) is 7.39. The Balaban J connectivity index is 1.13. The summed E-state index contributed by atoms with van der Waals surface area (Å²) in [5.41, 5.74) is 8.66. The normalized spacial score (nSPS) is 15.7. The van der Waals surface area contributed by atoms with Gasteiger partial charge in [0.15, 0.2) is 0 Å². The average Bonchev–Trinajstić information content (AvgIpc) is 3.51. The number of likely N-dealkylation sites (tertiary alicyclic amines) is 1. The molecule has 2 atom stereocenters. The average molecular weight is 647 g/mol. The van der Waals surface area contributed by atoms with Crippen LogP contribution in [0.1, 0.15) is 72.6 Å². The summed E-state index contributed by atoms with van der Waals surface area (Å²) in [6, 6.07) is 9.47. The van der Waals surface area contributed by atoms with E-state index < -0.39 is 34.5 Å².